The monoisotopic (exact) mass is 184 g/mol. The SMILES string of the molecule is OCC1=CCCCC2(C1)OCCO2. The molecule has 0 amide bonds. The van der Waals surface area contributed by atoms with Crippen molar-refractivity contribution in [3.05, 3.63) is 11.6 Å². The molecule has 1 saturated heterocycles. The lowest BCUT2D eigenvalue weighted by molar-refractivity contribution is -0.160. The fourth-order valence-corrected chi connectivity index (χ4v) is 2.05. The van der Waals surface area contributed by atoms with Gasteiger partial charge in [0.25, 0.3) is 0 Å². The van der Waals surface area contributed by atoms with E-state index in [1.54, 1.807) is 0 Å². The fourth-order valence-electron chi connectivity index (χ4n) is 2.05. The van der Waals surface area contributed by atoms with E-state index in [0.29, 0.717) is 13.2 Å². The molecule has 0 saturated carbocycles. The van der Waals surface area contributed by atoms with Gasteiger partial charge in [0.1, 0.15) is 0 Å². The van der Waals surface area contributed by atoms with Crippen LogP contribution in [0.4, 0.5) is 0 Å². The minimum Gasteiger partial charge on any atom is -0.392 e. The third-order valence-electron chi connectivity index (χ3n) is 2.71. The average molecular weight is 184 g/mol. The Kier molecular flexibility index (Phi) is 2.67. The van der Waals surface area contributed by atoms with Crippen molar-refractivity contribution in [1.82, 2.24) is 0 Å². The molecule has 3 nitrogen and oxygen atoms in total. The van der Waals surface area contributed by atoms with E-state index in [9.17, 15) is 0 Å². The first-order valence-electron chi connectivity index (χ1n) is 4.91. The summed E-state index contributed by atoms with van der Waals surface area (Å²) in [5.41, 5.74) is 1.06. The molecule has 2 rings (SSSR count). The highest BCUT2D eigenvalue weighted by molar-refractivity contribution is 5.08. The van der Waals surface area contributed by atoms with E-state index in [4.69, 9.17) is 14.6 Å². The molecule has 0 aromatic heterocycles. The van der Waals surface area contributed by atoms with Crippen molar-refractivity contribution in [1.29, 1.82) is 0 Å². The van der Waals surface area contributed by atoms with E-state index < -0.39 is 5.79 Å². The van der Waals surface area contributed by atoms with Crippen LogP contribution in [0.25, 0.3) is 0 Å². The lowest BCUT2D eigenvalue weighted by Crippen LogP contribution is -2.30. The van der Waals surface area contributed by atoms with Crippen molar-refractivity contribution in [2.24, 2.45) is 0 Å². The average Bonchev–Trinajstić information content (AvgIpc) is 2.48. The molecule has 0 aromatic rings. The van der Waals surface area contributed by atoms with Gasteiger partial charge in [0.2, 0.25) is 0 Å². The Morgan fingerprint density at radius 2 is 2.15 bits per heavy atom. The Morgan fingerprint density at radius 3 is 2.85 bits per heavy atom. The third kappa shape index (κ3) is 1.93. The molecule has 0 aromatic carbocycles. The minimum atomic E-state index is -0.398. The summed E-state index contributed by atoms with van der Waals surface area (Å²) < 4.78 is 11.2. The van der Waals surface area contributed by atoms with E-state index in [2.05, 4.69) is 6.08 Å². The molecule has 1 heterocycles. The summed E-state index contributed by atoms with van der Waals surface area (Å²) in [5, 5.41) is 9.08. The molecule has 0 unspecified atom stereocenters. The first kappa shape index (κ1) is 9.19. The molecule has 1 fully saturated rings. The maximum absolute atomic E-state index is 9.08. The van der Waals surface area contributed by atoms with Crippen LogP contribution < -0.4 is 0 Å². The quantitative estimate of drug-likeness (QED) is 0.623. The van der Waals surface area contributed by atoms with E-state index in [1.165, 1.54) is 0 Å². The normalized spacial score (nSPS) is 27.3. The van der Waals surface area contributed by atoms with Crippen LogP contribution >= 0.6 is 0 Å². The van der Waals surface area contributed by atoms with Gasteiger partial charge in [0.05, 0.1) is 19.8 Å². The first-order valence-corrected chi connectivity index (χ1v) is 4.91. The van der Waals surface area contributed by atoms with Crippen molar-refractivity contribution in [2.75, 3.05) is 19.8 Å². The largest absolute Gasteiger partial charge is 0.392 e. The van der Waals surface area contributed by atoms with Gasteiger partial charge in [-0.25, -0.2) is 0 Å². The van der Waals surface area contributed by atoms with Crippen LogP contribution in [0.2, 0.25) is 0 Å². The van der Waals surface area contributed by atoms with Gasteiger partial charge in [-0.1, -0.05) is 6.08 Å². The van der Waals surface area contributed by atoms with E-state index in [-0.39, 0.29) is 6.61 Å². The maximum atomic E-state index is 9.08. The number of allylic oxidation sites excluding steroid dienone is 1. The standard InChI is InChI=1S/C10H16O3/c11-8-9-3-1-2-4-10(7-9)12-5-6-13-10/h3,11H,1-2,4-8H2. The van der Waals surface area contributed by atoms with Crippen LogP contribution in [-0.4, -0.2) is 30.7 Å². The molecular formula is C10H16O3. The zero-order valence-electron chi connectivity index (χ0n) is 7.79. The van der Waals surface area contributed by atoms with Gasteiger partial charge in [-0.15, -0.1) is 0 Å². The second kappa shape index (κ2) is 3.78. The van der Waals surface area contributed by atoms with Crippen molar-refractivity contribution >= 4 is 0 Å². The van der Waals surface area contributed by atoms with Crippen LogP contribution in [0.15, 0.2) is 11.6 Å². The predicted molar refractivity (Wildman–Crippen MR) is 48.3 cm³/mol. The van der Waals surface area contributed by atoms with Crippen molar-refractivity contribution in [3.8, 4) is 0 Å². The lowest BCUT2D eigenvalue weighted by Gasteiger charge is -2.26. The summed E-state index contributed by atoms with van der Waals surface area (Å²) in [6.07, 6.45) is 5.92. The number of hydrogen-bond donors (Lipinski definition) is 1. The minimum absolute atomic E-state index is 0.133. The maximum Gasteiger partial charge on any atom is 0.172 e. The highest BCUT2D eigenvalue weighted by Crippen LogP contribution is 2.34. The van der Waals surface area contributed by atoms with Gasteiger partial charge < -0.3 is 14.6 Å². The van der Waals surface area contributed by atoms with E-state index >= 15 is 0 Å². The summed E-state index contributed by atoms with van der Waals surface area (Å²) >= 11 is 0. The summed E-state index contributed by atoms with van der Waals surface area (Å²) in [6, 6.07) is 0. The van der Waals surface area contributed by atoms with Crippen molar-refractivity contribution < 1.29 is 14.6 Å². The van der Waals surface area contributed by atoms with Crippen molar-refractivity contribution in [2.45, 2.75) is 31.5 Å². The molecule has 1 N–H and O–H groups in total. The smallest absolute Gasteiger partial charge is 0.172 e. The van der Waals surface area contributed by atoms with Crippen LogP contribution in [-0.2, 0) is 9.47 Å². The summed E-state index contributed by atoms with van der Waals surface area (Å²) in [5.74, 6) is -0.398. The second-order valence-corrected chi connectivity index (χ2v) is 3.70. The van der Waals surface area contributed by atoms with Crippen LogP contribution in [0.1, 0.15) is 25.7 Å². The molecule has 13 heavy (non-hydrogen) atoms. The molecule has 1 spiro atoms. The van der Waals surface area contributed by atoms with Gasteiger partial charge in [0.15, 0.2) is 5.79 Å². The highest BCUT2D eigenvalue weighted by Gasteiger charge is 2.37. The van der Waals surface area contributed by atoms with Gasteiger partial charge in [-0.05, 0) is 18.4 Å². The summed E-state index contributed by atoms with van der Waals surface area (Å²) in [7, 11) is 0. The predicted octanol–water partition coefficient (Wildman–Crippen LogP) is 1.22. The van der Waals surface area contributed by atoms with Gasteiger partial charge in [-0.2, -0.15) is 0 Å². The molecule has 74 valence electrons. The molecule has 2 aliphatic rings. The summed E-state index contributed by atoms with van der Waals surface area (Å²) in [6.45, 7) is 1.52. The Labute approximate surface area is 78.3 Å². The fraction of sp³-hybridized carbons (Fsp3) is 0.800. The van der Waals surface area contributed by atoms with Gasteiger partial charge >= 0.3 is 0 Å². The van der Waals surface area contributed by atoms with E-state index in [1.807, 2.05) is 0 Å². The van der Waals surface area contributed by atoms with Gasteiger partial charge in [-0.3, -0.25) is 0 Å². The molecule has 0 radical (unpaired) electrons. The Hall–Kier alpha value is -0.380. The zero-order valence-corrected chi connectivity index (χ0v) is 7.79. The third-order valence-corrected chi connectivity index (χ3v) is 2.71. The Bertz CT molecular complexity index is 204. The Balaban J connectivity index is 2.08. The molecule has 3 heteroatoms. The summed E-state index contributed by atoms with van der Waals surface area (Å²) in [4.78, 5) is 0. The molecular weight excluding hydrogens is 168 g/mol. The molecule has 0 atom stereocenters. The lowest BCUT2D eigenvalue weighted by atomic mass is 10.0. The van der Waals surface area contributed by atoms with E-state index in [0.717, 1.165) is 31.3 Å². The van der Waals surface area contributed by atoms with Gasteiger partial charge in [0, 0.05) is 12.8 Å². The van der Waals surface area contributed by atoms with Crippen LogP contribution in [0, 0.1) is 0 Å². The molecule has 1 aliphatic heterocycles. The number of aliphatic hydroxyl groups is 1. The highest BCUT2D eigenvalue weighted by atomic mass is 16.7. The molecule has 1 aliphatic carbocycles. The van der Waals surface area contributed by atoms with Crippen LogP contribution in [0.3, 0.4) is 0 Å². The number of ether oxygens (including phenoxy) is 2. The zero-order chi connectivity index (χ0) is 9.15. The van der Waals surface area contributed by atoms with Crippen molar-refractivity contribution in [3.63, 3.8) is 0 Å². The second-order valence-electron chi connectivity index (χ2n) is 3.70. The number of rotatable bonds is 1. The number of aliphatic hydroxyl groups excluding tert-OH is 1. The number of hydrogen-bond acceptors (Lipinski definition) is 3. The first-order chi connectivity index (χ1) is 6.35. The molecule has 0 bridgehead atoms. The topological polar surface area (TPSA) is 38.7 Å². The Morgan fingerprint density at radius 1 is 1.38 bits per heavy atom. The van der Waals surface area contributed by atoms with Crippen LogP contribution in [0.5, 0.6) is 0 Å².